The minimum atomic E-state index is -4.35. The Bertz CT molecular complexity index is 775. The van der Waals surface area contributed by atoms with Gasteiger partial charge in [-0.25, -0.2) is 0 Å². The molecule has 0 aliphatic carbocycles. The molecule has 7 heteroatoms. The van der Waals surface area contributed by atoms with E-state index in [2.05, 4.69) is 4.90 Å². The first-order chi connectivity index (χ1) is 11.8. The monoisotopic (exact) mass is 367 g/mol. The topological polar surface area (TPSA) is 32.5 Å². The van der Waals surface area contributed by atoms with Crippen LogP contribution in [0.4, 0.5) is 30.2 Å². The highest BCUT2D eigenvalue weighted by molar-refractivity contribution is 7.99. The lowest BCUT2D eigenvalue weighted by atomic mass is 10.1. The van der Waals surface area contributed by atoms with Crippen LogP contribution < -0.4 is 10.6 Å². The number of alkyl halides is 3. The fraction of sp³-hybridized carbons (Fsp3) is 0.333. The van der Waals surface area contributed by atoms with Crippen molar-refractivity contribution in [2.24, 2.45) is 0 Å². The molecule has 0 saturated carbocycles. The molecular weight excluding hydrogens is 347 g/mol. The van der Waals surface area contributed by atoms with Crippen LogP contribution >= 0.6 is 11.8 Å². The van der Waals surface area contributed by atoms with Crippen molar-refractivity contribution < 1.29 is 13.2 Å². The molecular formula is C18H20F3N3S. The molecule has 0 spiro atoms. The number of anilines is 3. The predicted molar refractivity (Wildman–Crippen MR) is 96.6 cm³/mol. The third kappa shape index (κ3) is 3.88. The van der Waals surface area contributed by atoms with Crippen LogP contribution in [-0.2, 0) is 6.18 Å². The maximum Gasteiger partial charge on any atom is 0.416 e. The molecule has 1 heterocycles. The minimum absolute atomic E-state index is 0.607. The van der Waals surface area contributed by atoms with Crippen molar-refractivity contribution in [3.8, 4) is 0 Å². The number of nitrogen functional groups attached to an aromatic ring is 1. The summed E-state index contributed by atoms with van der Waals surface area (Å²) in [5, 5.41) is 0. The van der Waals surface area contributed by atoms with Gasteiger partial charge in [0.25, 0.3) is 0 Å². The van der Waals surface area contributed by atoms with E-state index in [1.807, 2.05) is 31.1 Å². The van der Waals surface area contributed by atoms with Crippen molar-refractivity contribution in [3.63, 3.8) is 0 Å². The van der Waals surface area contributed by atoms with Crippen LogP contribution in [0.15, 0.2) is 46.2 Å². The summed E-state index contributed by atoms with van der Waals surface area (Å²) in [6, 6.07) is 9.49. The van der Waals surface area contributed by atoms with Crippen molar-refractivity contribution in [2.75, 3.05) is 37.8 Å². The number of halogens is 3. The Hall–Kier alpha value is -1.86. The van der Waals surface area contributed by atoms with E-state index in [0.29, 0.717) is 17.9 Å². The first-order valence-corrected chi connectivity index (χ1v) is 8.78. The summed E-state index contributed by atoms with van der Waals surface area (Å²) < 4.78 is 39.4. The normalized spacial score (nSPS) is 13.8. The molecule has 0 bridgehead atoms. The van der Waals surface area contributed by atoms with Gasteiger partial charge in [0.2, 0.25) is 0 Å². The fourth-order valence-corrected chi connectivity index (χ4v) is 3.99. The average molecular weight is 367 g/mol. The first kappa shape index (κ1) is 17.9. The maximum atomic E-state index is 13.1. The fourth-order valence-electron chi connectivity index (χ4n) is 2.86. The molecule has 25 heavy (non-hydrogen) atoms. The quantitative estimate of drug-likeness (QED) is 0.784. The molecule has 134 valence electrons. The SMILES string of the molecule is CN(C)CCCN1c2ccc(N)cc2Sc2ccc(C(F)(F)F)cc21. The zero-order valence-electron chi connectivity index (χ0n) is 14.1. The van der Waals surface area contributed by atoms with Gasteiger partial charge < -0.3 is 15.5 Å². The van der Waals surface area contributed by atoms with Gasteiger partial charge in [-0.3, -0.25) is 0 Å². The van der Waals surface area contributed by atoms with E-state index in [-0.39, 0.29) is 0 Å². The third-order valence-electron chi connectivity index (χ3n) is 4.06. The summed E-state index contributed by atoms with van der Waals surface area (Å²) in [6.07, 6.45) is -3.51. The lowest BCUT2D eigenvalue weighted by Crippen LogP contribution is -2.25. The maximum absolute atomic E-state index is 13.1. The molecule has 0 unspecified atom stereocenters. The zero-order chi connectivity index (χ0) is 18.2. The first-order valence-electron chi connectivity index (χ1n) is 7.96. The van der Waals surface area contributed by atoms with Gasteiger partial charge >= 0.3 is 6.18 Å². The van der Waals surface area contributed by atoms with Gasteiger partial charge in [-0.15, -0.1) is 0 Å². The third-order valence-corrected chi connectivity index (χ3v) is 5.17. The van der Waals surface area contributed by atoms with E-state index in [4.69, 9.17) is 5.73 Å². The van der Waals surface area contributed by atoms with Gasteiger partial charge in [-0.05, 0) is 63.5 Å². The molecule has 2 aromatic carbocycles. The Kier molecular flexibility index (Phi) is 4.88. The molecule has 0 saturated heterocycles. The zero-order valence-corrected chi connectivity index (χ0v) is 14.9. The van der Waals surface area contributed by atoms with E-state index in [0.717, 1.165) is 34.5 Å². The molecule has 3 rings (SSSR count). The Labute approximate surface area is 149 Å². The standard InChI is InChI=1S/C18H20F3N3S/c1-23(2)8-3-9-24-14-6-5-13(22)11-17(14)25-16-7-4-12(10-15(16)24)18(19,20)21/h4-7,10-11H,3,8-9,22H2,1-2H3. The van der Waals surface area contributed by atoms with Gasteiger partial charge in [0.15, 0.2) is 0 Å². The minimum Gasteiger partial charge on any atom is -0.399 e. The lowest BCUT2D eigenvalue weighted by Gasteiger charge is -2.33. The second-order valence-electron chi connectivity index (χ2n) is 6.32. The molecule has 0 amide bonds. The van der Waals surface area contributed by atoms with Gasteiger partial charge in [-0.1, -0.05) is 11.8 Å². The molecule has 1 aliphatic rings. The van der Waals surface area contributed by atoms with Gasteiger partial charge in [0, 0.05) is 22.0 Å². The number of rotatable bonds is 4. The highest BCUT2D eigenvalue weighted by Crippen LogP contribution is 2.50. The smallest absolute Gasteiger partial charge is 0.399 e. The van der Waals surface area contributed by atoms with E-state index in [9.17, 15) is 13.2 Å². The molecule has 2 N–H and O–H groups in total. The number of hydrogen-bond donors (Lipinski definition) is 1. The second-order valence-corrected chi connectivity index (χ2v) is 7.40. The van der Waals surface area contributed by atoms with Crippen LogP contribution in [0.1, 0.15) is 12.0 Å². The van der Waals surface area contributed by atoms with Crippen molar-refractivity contribution in [3.05, 3.63) is 42.0 Å². The van der Waals surface area contributed by atoms with Crippen molar-refractivity contribution >= 4 is 28.8 Å². The highest BCUT2D eigenvalue weighted by atomic mass is 32.2. The van der Waals surface area contributed by atoms with Crippen LogP contribution in [0.5, 0.6) is 0 Å². The number of nitrogens with two attached hydrogens (primary N) is 1. The van der Waals surface area contributed by atoms with Crippen LogP contribution in [0.3, 0.4) is 0 Å². The Balaban J connectivity index is 2.02. The molecule has 0 radical (unpaired) electrons. The summed E-state index contributed by atoms with van der Waals surface area (Å²) in [7, 11) is 3.97. The summed E-state index contributed by atoms with van der Waals surface area (Å²) in [5.41, 5.74) is 7.42. The van der Waals surface area contributed by atoms with Crippen LogP contribution in [0, 0.1) is 0 Å². The molecule has 0 fully saturated rings. The summed E-state index contributed by atoms with van der Waals surface area (Å²) in [5.74, 6) is 0. The second kappa shape index (κ2) is 6.80. The van der Waals surface area contributed by atoms with Crippen molar-refractivity contribution in [2.45, 2.75) is 22.4 Å². The number of hydrogen-bond acceptors (Lipinski definition) is 4. The van der Waals surface area contributed by atoms with E-state index >= 15 is 0 Å². The van der Waals surface area contributed by atoms with Crippen molar-refractivity contribution in [1.29, 1.82) is 0 Å². The van der Waals surface area contributed by atoms with Crippen molar-refractivity contribution in [1.82, 2.24) is 4.90 Å². The van der Waals surface area contributed by atoms with Gasteiger partial charge in [0.1, 0.15) is 0 Å². The molecule has 3 nitrogen and oxygen atoms in total. The largest absolute Gasteiger partial charge is 0.416 e. The molecule has 0 atom stereocenters. The van der Waals surface area contributed by atoms with Gasteiger partial charge in [0.05, 0.1) is 16.9 Å². The Morgan fingerprint density at radius 1 is 1.04 bits per heavy atom. The van der Waals surface area contributed by atoms with Crippen LogP contribution in [0.2, 0.25) is 0 Å². The summed E-state index contributed by atoms with van der Waals surface area (Å²) >= 11 is 1.46. The lowest BCUT2D eigenvalue weighted by molar-refractivity contribution is -0.137. The number of benzene rings is 2. The Morgan fingerprint density at radius 2 is 1.80 bits per heavy atom. The van der Waals surface area contributed by atoms with Gasteiger partial charge in [-0.2, -0.15) is 13.2 Å². The predicted octanol–water partition coefficient (Wildman–Crippen LogP) is 4.84. The average Bonchev–Trinajstić information content (AvgIpc) is 2.52. The summed E-state index contributed by atoms with van der Waals surface area (Å²) in [6.45, 7) is 1.51. The summed E-state index contributed by atoms with van der Waals surface area (Å²) in [4.78, 5) is 5.82. The Morgan fingerprint density at radius 3 is 2.48 bits per heavy atom. The van der Waals surface area contributed by atoms with E-state index in [1.165, 1.54) is 17.8 Å². The molecule has 0 aromatic heterocycles. The number of nitrogens with zero attached hydrogens (tertiary/aromatic N) is 2. The highest BCUT2D eigenvalue weighted by Gasteiger charge is 2.33. The number of fused-ring (bicyclic) bond motifs is 2. The van der Waals surface area contributed by atoms with Crippen LogP contribution in [-0.4, -0.2) is 32.1 Å². The van der Waals surface area contributed by atoms with E-state index in [1.54, 1.807) is 12.1 Å². The molecule has 1 aliphatic heterocycles. The van der Waals surface area contributed by atoms with Crippen LogP contribution in [0.25, 0.3) is 0 Å². The molecule has 2 aromatic rings. The van der Waals surface area contributed by atoms with E-state index < -0.39 is 11.7 Å².